The summed E-state index contributed by atoms with van der Waals surface area (Å²) in [6.07, 6.45) is 3.88. The number of H-pyrrole nitrogens is 1. The van der Waals surface area contributed by atoms with Crippen LogP contribution in [-0.4, -0.2) is 15.9 Å². The highest BCUT2D eigenvalue weighted by molar-refractivity contribution is 7.19. The number of fused-ring (bicyclic) bond motifs is 3. The van der Waals surface area contributed by atoms with Crippen LogP contribution in [0, 0.1) is 0 Å². The minimum atomic E-state index is -0.311. The van der Waals surface area contributed by atoms with Crippen LogP contribution in [0.5, 0.6) is 0 Å². The molecule has 2 aromatic heterocycles. The highest BCUT2D eigenvalue weighted by atomic mass is 32.1. The Labute approximate surface area is 101 Å². The van der Waals surface area contributed by atoms with Gasteiger partial charge < -0.3 is 10.7 Å². The van der Waals surface area contributed by atoms with Crippen LogP contribution in [0.25, 0.3) is 10.2 Å². The second-order valence-corrected chi connectivity index (χ2v) is 5.23. The van der Waals surface area contributed by atoms with E-state index in [1.54, 1.807) is 0 Å². The number of aryl methyl sites for hydroxylation is 1. The maximum absolute atomic E-state index is 11.8. The second-order valence-electron chi connectivity index (χ2n) is 4.20. The molecule has 1 aliphatic carbocycles. The quantitative estimate of drug-likeness (QED) is 0.786. The highest BCUT2D eigenvalue weighted by Gasteiger charge is 2.29. The minimum absolute atomic E-state index is 0.127. The Morgan fingerprint density at radius 3 is 3.18 bits per heavy atom. The van der Waals surface area contributed by atoms with Crippen molar-refractivity contribution in [1.82, 2.24) is 9.97 Å². The molecule has 0 bridgehead atoms. The van der Waals surface area contributed by atoms with Crippen molar-refractivity contribution >= 4 is 27.5 Å². The molecule has 2 heterocycles. The third kappa shape index (κ3) is 1.48. The van der Waals surface area contributed by atoms with E-state index in [0.717, 1.165) is 29.7 Å². The van der Waals surface area contributed by atoms with Crippen molar-refractivity contribution in [3.8, 4) is 0 Å². The van der Waals surface area contributed by atoms with E-state index in [2.05, 4.69) is 9.97 Å². The van der Waals surface area contributed by atoms with Gasteiger partial charge in [0.25, 0.3) is 5.56 Å². The number of rotatable bonds is 1. The molecule has 0 saturated heterocycles. The number of amides is 1. The summed E-state index contributed by atoms with van der Waals surface area (Å²) in [6, 6.07) is 0. The van der Waals surface area contributed by atoms with Gasteiger partial charge in [0.1, 0.15) is 4.83 Å². The largest absolute Gasteiger partial charge is 0.369 e. The first-order chi connectivity index (χ1) is 8.18. The van der Waals surface area contributed by atoms with Crippen molar-refractivity contribution in [3.05, 3.63) is 27.1 Å². The number of thiophene rings is 1. The molecule has 1 amide bonds. The van der Waals surface area contributed by atoms with E-state index < -0.39 is 0 Å². The molecule has 0 spiro atoms. The Morgan fingerprint density at radius 2 is 2.41 bits per heavy atom. The van der Waals surface area contributed by atoms with E-state index >= 15 is 0 Å². The normalized spacial score (nSPS) is 19.2. The van der Waals surface area contributed by atoms with Crippen LogP contribution in [0.15, 0.2) is 11.1 Å². The van der Waals surface area contributed by atoms with Crippen molar-refractivity contribution in [3.63, 3.8) is 0 Å². The maximum Gasteiger partial charge on any atom is 0.259 e. The summed E-state index contributed by atoms with van der Waals surface area (Å²) < 4.78 is 0. The summed E-state index contributed by atoms with van der Waals surface area (Å²) in [5, 5.41) is 0.637. The molecule has 3 rings (SSSR count). The van der Waals surface area contributed by atoms with Gasteiger partial charge in [0.15, 0.2) is 0 Å². The number of carbonyl (C=O) groups excluding carboxylic acids is 1. The second kappa shape index (κ2) is 3.66. The third-order valence-electron chi connectivity index (χ3n) is 3.20. The lowest BCUT2D eigenvalue weighted by molar-refractivity contribution is -0.119. The average molecular weight is 249 g/mol. The number of hydrogen-bond donors (Lipinski definition) is 2. The lowest BCUT2D eigenvalue weighted by Crippen LogP contribution is -2.24. The molecule has 3 N–H and O–H groups in total. The molecule has 0 aliphatic heterocycles. The number of aromatic amines is 1. The number of carbonyl (C=O) groups is 1. The minimum Gasteiger partial charge on any atom is -0.369 e. The van der Waals surface area contributed by atoms with Crippen molar-refractivity contribution in [1.29, 1.82) is 0 Å². The molecule has 6 heteroatoms. The third-order valence-corrected chi connectivity index (χ3v) is 4.46. The van der Waals surface area contributed by atoms with E-state index in [4.69, 9.17) is 5.73 Å². The number of aromatic nitrogens is 2. The summed E-state index contributed by atoms with van der Waals surface area (Å²) in [4.78, 5) is 31.5. The van der Waals surface area contributed by atoms with E-state index in [-0.39, 0.29) is 17.4 Å². The fraction of sp³-hybridized carbons (Fsp3) is 0.364. The zero-order valence-corrected chi connectivity index (χ0v) is 9.84. The maximum atomic E-state index is 11.8. The molecular weight excluding hydrogens is 238 g/mol. The van der Waals surface area contributed by atoms with Crippen LogP contribution in [-0.2, 0) is 11.2 Å². The predicted octanol–water partition coefficient (Wildman–Crippen LogP) is 0.890. The monoisotopic (exact) mass is 249 g/mol. The number of primary amides is 1. The fourth-order valence-electron chi connectivity index (χ4n) is 2.43. The van der Waals surface area contributed by atoms with Gasteiger partial charge in [0.05, 0.1) is 17.6 Å². The summed E-state index contributed by atoms with van der Waals surface area (Å²) >= 11 is 1.42. The predicted molar refractivity (Wildman–Crippen MR) is 65.1 cm³/mol. The van der Waals surface area contributed by atoms with E-state index in [1.165, 1.54) is 17.7 Å². The van der Waals surface area contributed by atoms with Crippen molar-refractivity contribution in [2.45, 2.75) is 25.2 Å². The molecule has 2 aromatic rings. The molecule has 0 radical (unpaired) electrons. The van der Waals surface area contributed by atoms with Crippen molar-refractivity contribution in [2.24, 2.45) is 5.73 Å². The topological polar surface area (TPSA) is 88.8 Å². The van der Waals surface area contributed by atoms with Gasteiger partial charge in [-0.05, 0) is 24.8 Å². The van der Waals surface area contributed by atoms with Crippen LogP contribution in [0.2, 0.25) is 0 Å². The molecule has 1 aliphatic rings. The van der Waals surface area contributed by atoms with Gasteiger partial charge in [-0.15, -0.1) is 11.3 Å². The van der Waals surface area contributed by atoms with E-state index in [9.17, 15) is 9.59 Å². The number of nitrogens with one attached hydrogen (secondary N) is 1. The molecule has 0 saturated carbocycles. The zero-order valence-electron chi connectivity index (χ0n) is 9.03. The van der Waals surface area contributed by atoms with Crippen LogP contribution < -0.4 is 11.3 Å². The van der Waals surface area contributed by atoms with Gasteiger partial charge >= 0.3 is 0 Å². The molecular formula is C11H11N3O2S. The summed E-state index contributed by atoms with van der Waals surface area (Å²) in [7, 11) is 0. The molecule has 1 unspecified atom stereocenters. The molecule has 17 heavy (non-hydrogen) atoms. The molecule has 1 atom stereocenters. The Balaban J connectivity index is 2.33. The lowest BCUT2D eigenvalue weighted by atomic mass is 9.88. The van der Waals surface area contributed by atoms with Crippen LogP contribution >= 0.6 is 11.3 Å². The summed E-state index contributed by atoms with van der Waals surface area (Å²) in [5.41, 5.74) is 6.24. The van der Waals surface area contributed by atoms with Gasteiger partial charge in [-0.2, -0.15) is 0 Å². The van der Waals surface area contributed by atoms with Crippen LogP contribution in [0.3, 0.4) is 0 Å². The number of nitrogens with zero attached hydrogens (tertiary/aromatic N) is 1. The molecule has 0 fully saturated rings. The van der Waals surface area contributed by atoms with E-state index in [1.807, 2.05) is 0 Å². The lowest BCUT2D eigenvalue weighted by Gasteiger charge is -2.18. The first-order valence-electron chi connectivity index (χ1n) is 5.46. The van der Waals surface area contributed by atoms with Gasteiger partial charge in [-0.1, -0.05) is 0 Å². The summed E-state index contributed by atoms with van der Waals surface area (Å²) in [6.45, 7) is 0. The molecule has 0 aromatic carbocycles. The van der Waals surface area contributed by atoms with Gasteiger partial charge in [0.2, 0.25) is 5.91 Å². The number of hydrogen-bond acceptors (Lipinski definition) is 4. The Bertz CT molecular complexity index is 658. The smallest absolute Gasteiger partial charge is 0.259 e. The molecule has 88 valence electrons. The summed E-state index contributed by atoms with van der Waals surface area (Å²) in [5.74, 6) is -0.564. The Morgan fingerprint density at radius 1 is 1.59 bits per heavy atom. The fourth-order valence-corrected chi connectivity index (χ4v) is 3.77. The Hall–Kier alpha value is -1.69. The van der Waals surface area contributed by atoms with Crippen molar-refractivity contribution < 1.29 is 4.79 Å². The van der Waals surface area contributed by atoms with Gasteiger partial charge in [-0.3, -0.25) is 9.59 Å². The SMILES string of the molecule is NC(=O)C1CCCc2c1sc1nc[nH]c(=O)c21. The van der Waals surface area contributed by atoms with Gasteiger partial charge in [0, 0.05) is 4.88 Å². The van der Waals surface area contributed by atoms with Crippen LogP contribution in [0.4, 0.5) is 0 Å². The number of nitrogens with two attached hydrogens (primary N) is 1. The zero-order chi connectivity index (χ0) is 12.0. The average Bonchev–Trinajstić information content (AvgIpc) is 2.67. The van der Waals surface area contributed by atoms with Crippen LogP contribution in [0.1, 0.15) is 29.2 Å². The van der Waals surface area contributed by atoms with Gasteiger partial charge in [-0.25, -0.2) is 4.98 Å². The van der Waals surface area contributed by atoms with Crippen molar-refractivity contribution in [2.75, 3.05) is 0 Å². The Kier molecular flexibility index (Phi) is 2.25. The molecule has 5 nitrogen and oxygen atoms in total. The first kappa shape index (κ1) is 10.5. The first-order valence-corrected chi connectivity index (χ1v) is 6.28. The van der Waals surface area contributed by atoms with E-state index in [0.29, 0.717) is 10.2 Å². The standard InChI is InChI=1S/C11H11N3O2S/c12-9(15)6-3-1-2-5-7-10(16)13-4-14-11(7)17-8(5)6/h4,6H,1-3H2,(H2,12,15)(H,13,14,16). The highest BCUT2D eigenvalue weighted by Crippen LogP contribution is 2.39.